The molecule has 12 nitrogen and oxygen atoms in total. The van der Waals surface area contributed by atoms with Gasteiger partial charge in [0.2, 0.25) is 16.0 Å². The number of aromatic nitrogens is 5. The summed E-state index contributed by atoms with van der Waals surface area (Å²) in [5, 5.41) is 3.69. The highest BCUT2D eigenvalue weighted by Gasteiger charge is 2.26. The Bertz CT molecular complexity index is 1780. The molecule has 2 N–H and O–H groups in total. The van der Waals surface area contributed by atoms with Gasteiger partial charge in [0.15, 0.2) is 5.69 Å². The Morgan fingerprint density at radius 2 is 1.77 bits per heavy atom. The molecule has 0 aliphatic carbocycles. The summed E-state index contributed by atoms with van der Waals surface area (Å²) < 4.78 is 26.7. The summed E-state index contributed by atoms with van der Waals surface area (Å²) in [6.07, 6.45) is 4.15. The maximum Gasteiger partial charge on any atom is 0.285 e. The Morgan fingerprint density at radius 1 is 1.10 bits per heavy atom. The molecule has 1 aromatic carbocycles. The molecule has 5 rings (SSSR count). The number of sulfonamides is 1. The van der Waals surface area contributed by atoms with Crippen LogP contribution in [-0.4, -0.2) is 45.1 Å². The first kappa shape index (κ1) is 26.5. The van der Waals surface area contributed by atoms with Gasteiger partial charge in [-0.15, -0.1) is 0 Å². The van der Waals surface area contributed by atoms with E-state index < -0.39 is 22.0 Å². The van der Waals surface area contributed by atoms with Crippen LogP contribution >= 0.6 is 11.6 Å². The molecule has 1 amide bonds. The Kier molecular flexibility index (Phi) is 6.72. The first-order chi connectivity index (χ1) is 18.4. The van der Waals surface area contributed by atoms with Crippen molar-refractivity contribution >= 4 is 50.1 Å². The molecule has 3 aromatic heterocycles. The fourth-order valence-electron chi connectivity index (χ4n) is 4.63. The van der Waals surface area contributed by atoms with E-state index in [9.17, 15) is 18.0 Å². The topological polar surface area (TPSA) is 152 Å². The molecule has 39 heavy (non-hydrogen) atoms. The van der Waals surface area contributed by atoms with Crippen molar-refractivity contribution in [2.45, 2.75) is 33.0 Å². The number of carbonyl (C=O) groups excluding carboxylic acids is 1. The number of amides is 1. The van der Waals surface area contributed by atoms with Crippen LogP contribution in [0.3, 0.4) is 0 Å². The second-order valence-electron chi connectivity index (χ2n) is 9.43. The van der Waals surface area contributed by atoms with Crippen molar-refractivity contribution in [2.24, 2.45) is 7.05 Å². The predicted octanol–water partition coefficient (Wildman–Crippen LogP) is 2.46. The number of hydrogen-bond donors (Lipinski definition) is 2. The second-order valence-corrected chi connectivity index (χ2v) is 11.6. The Hall–Kier alpha value is -4.10. The fraction of sp³-hybridized carbons (Fsp3) is 0.280. The summed E-state index contributed by atoms with van der Waals surface area (Å²) in [5.41, 5.74) is 3.60. The predicted molar refractivity (Wildman–Crippen MR) is 147 cm³/mol. The molecule has 4 heterocycles. The number of anilines is 2. The van der Waals surface area contributed by atoms with E-state index in [0.717, 1.165) is 23.2 Å². The third kappa shape index (κ3) is 5.27. The monoisotopic (exact) mass is 568 g/mol. The summed E-state index contributed by atoms with van der Waals surface area (Å²) in [5.74, 6) is -0.445. The maximum absolute atomic E-state index is 13.5. The normalized spacial score (nSPS) is 13.8. The van der Waals surface area contributed by atoms with Gasteiger partial charge in [-0.25, -0.2) is 23.1 Å². The van der Waals surface area contributed by atoms with Gasteiger partial charge in [-0.3, -0.25) is 24.1 Å². The minimum absolute atomic E-state index is 0.0262. The Balaban J connectivity index is 1.57. The average Bonchev–Trinajstić information content (AvgIpc) is 3.30. The first-order valence-corrected chi connectivity index (χ1v) is 14.2. The van der Waals surface area contributed by atoms with Gasteiger partial charge in [-0.1, -0.05) is 17.7 Å². The van der Waals surface area contributed by atoms with Crippen LogP contribution in [0.4, 0.5) is 11.6 Å². The van der Waals surface area contributed by atoms with E-state index in [1.807, 2.05) is 29.5 Å². The number of rotatable bonds is 6. The minimum atomic E-state index is -3.83. The number of nitrogens with zero attached hydrogens (tertiary/aromatic N) is 6. The molecule has 0 spiro atoms. The van der Waals surface area contributed by atoms with E-state index in [0.29, 0.717) is 35.5 Å². The number of nitrogens with one attached hydrogen (secondary N) is 2. The Morgan fingerprint density at radius 3 is 2.41 bits per heavy atom. The second kappa shape index (κ2) is 9.89. The number of pyridine rings is 1. The molecular weight excluding hydrogens is 544 g/mol. The van der Waals surface area contributed by atoms with Crippen LogP contribution in [0.5, 0.6) is 0 Å². The van der Waals surface area contributed by atoms with Gasteiger partial charge in [-0.2, -0.15) is 0 Å². The largest absolute Gasteiger partial charge is 0.377 e. The highest BCUT2D eigenvalue weighted by molar-refractivity contribution is 7.89. The molecule has 0 fully saturated rings. The fourth-order valence-corrected chi connectivity index (χ4v) is 5.21. The lowest BCUT2D eigenvalue weighted by Crippen LogP contribution is -2.31. The van der Waals surface area contributed by atoms with Crippen molar-refractivity contribution in [2.75, 3.05) is 16.5 Å². The number of carbonyl (C=O) groups is 1. The van der Waals surface area contributed by atoms with Crippen LogP contribution in [0.2, 0.25) is 5.15 Å². The molecule has 1 aliphatic heterocycles. The molecule has 14 heteroatoms. The summed E-state index contributed by atoms with van der Waals surface area (Å²) in [4.78, 5) is 45.8. The summed E-state index contributed by atoms with van der Waals surface area (Å²) in [7, 11) is -2.14. The number of halogens is 1. The van der Waals surface area contributed by atoms with E-state index in [4.69, 9.17) is 16.6 Å². The van der Waals surface area contributed by atoms with Crippen LogP contribution in [0.1, 0.15) is 46.0 Å². The Labute approximate surface area is 229 Å². The van der Waals surface area contributed by atoms with Crippen LogP contribution in [0, 0.1) is 6.92 Å². The van der Waals surface area contributed by atoms with Crippen molar-refractivity contribution in [1.29, 1.82) is 0 Å². The molecule has 1 aliphatic rings. The van der Waals surface area contributed by atoms with E-state index in [1.54, 1.807) is 31.6 Å². The van der Waals surface area contributed by atoms with E-state index in [-0.39, 0.29) is 22.1 Å². The van der Waals surface area contributed by atoms with Gasteiger partial charge in [0, 0.05) is 25.0 Å². The SMILES string of the molecule is Cc1cc([C@@H](C)Nc2ccc(Cl)nc2C(=O)NS(C)(=O)=O)c2nc(N3Cc4nccnc4C3)n(C)c(=O)c2c1. The summed E-state index contributed by atoms with van der Waals surface area (Å²) >= 11 is 6.00. The molecule has 4 aromatic rings. The van der Waals surface area contributed by atoms with Gasteiger partial charge in [0.25, 0.3) is 11.5 Å². The van der Waals surface area contributed by atoms with Gasteiger partial charge < -0.3 is 10.2 Å². The zero-order valence-corrected chi connectivity index (χ0v) is 23.1. The van der Waals surface area contributed by atoms with Crippen molar-refractivity contribution in [3.8, 4) is 0 Å². The quantitative estimate of drug-likeness (QED) is 0.332. The molecule has 202 valence electrons. The first-order valence-electron chi connectivity index (χ1n) is 11.9. The van der Waals surface area contributed by atoms with Crippen molar-refractivity contribution < 1.29 is 13.2 Å². The lowest BCUT2D eigenvalue weighted by molar-refractivity contribution is 0.0977. The van der Waals surface area contributed by atoms with E-state index >= 15 is 0 Å². The number of aryl methyl sites for hydroxylation is 1. The van der Waals surface area contributed by atoms with Gasteiger partial charge in [0.05, 0.1) is 53.4 Å². The van der Waals surface area contributed by atoms with Crippen molar-refractivity contribution in [3.05, 3.63) is 80.4 Å². The molecular formula is C25H25ClN8O4S. The molecule has 0 radical (unpaired) electrons. The molecule has 0 saturated heterocycles. The molecule has 1 atom stereocenters. The number of fused-ring (bicyclic) bond motifs is 2. The van der Waals surface area contributed by atoms with Crippen LogP contribution in [-0.2, 0) is 30.2 Å². The third-order valence-electron chi connectivity index (χ3n) is 6.35. The summed E-state index contributed by atoms with van der Waals surface area (Å²) in [6, 6.07) is 6.27. The van der Waals surface area contributed by atoms with Crippen LogP contribution in [0.15, 0.2) is 41.5 Å². The minimum Gasteiger partial charge on any atom is -0.377 e. The highest BCUT2D eigenvalue weighted by Crippen LogP contribution is 2.30. The van der Waals surface area contributed by atoms with Crippen molar-refractivity contribution in [1.82, 2.24) is 29.2 Å². The van der Waals surface area contributed by atoms with E-state index in [2.05, 4.69) is 20.3 Å². The average molecular weight is 569 g/mol. The molecule has 0 saturated carbocycles. The smallest absolute Gasteiger partial charge is 0.285 e. The maximum atomic E-state index is 13.5. The zero-order valence-electron chi connectivity index (χ0n) is 21.6. The summed E-state index contributed by atoms with van der Waals surface area (Å²) in [6.45, 7) is 4.67. The highest BCUT2D eigenvalue weighted by atomic mass is 35.5. The molecule has 0 unspecified atom stereocenters. The third-order valence-corrected chi connectivity index (χ3v) is 7.11. The van der Waals surface area contributed by atoms with Crippen LogP contribution in [0.25, 0.3) is 10.9 Å². The van der Waals surface area contributed by atoms with Gasteiger partial charge in [0.1, 0.15) is 5.15 Å². The van der Waals surface area contributed by atoms with E-state index in [1.165, 1.54) is 10.6 Å². The number of benzene rings is 1. The van der Waals surface area contributed by atoms with Gasteiger partial charge in [-0.05, 0) is 37.6 Å². The lowest BCUT2D eigenvalue weighted by atomic mass is 10.0. The standard InChI is InChI=1S/C25H25ClN8O4S/c1-13-9-15(14(2)29-17-5-6-20(26)30-22(17)23(35)32-39(4,37)38)21-16(10-13)24(36)33(3)25(31-21)34-11-18-19(12-34)28-8-7-27-18/h5-10,14,29H,11-12H2,1-4H3,(H,32,35)/t14-/m1/s1. The molecule has 0 bridgehead atoms. The van der Waals surface area contributed by atoms with Crippen molar-refractivity contribution in [3.63, 3.8) is 0 Å². The lowest BCUT2D eigenvalue weighted by Gasteiger charge is -2.23. The zero-order chi connectivity index (χ0) is 28.1. The number of hydrogen-bond acceptors (Lipinski definition) is 10. The van der Waals surface area contributed by atoms with Gasteiger partial charge >= 0.3 is 0 Å². The van der Waals surface area contributed by atoms with Crippen LogP contribution < -0.4 is 20.5 Å².